The Morgan fingerprint density at radius 1 is 0.976 bits per heavy atom. The van der Waals surface area contributed by atoms with E-state index >= 15 is 0 Å². The summed E-state index contributed by atoms with van der Waals surface area (Å²) < 4.78 is 18.9. The van der Waals surface area contributed by atoms with Crippen LogP contribution in [-0.2, 0) is 16.1 Å². The minimum Gasteiger partial charge on any atom is -0.480 e. The minimum atomic E-state index is -0.731. The number of carbonyl (C=O) groups excluding carboxylic acids is 1. The van der Waals surface area contributed by atoms with Crippen molar-refractivity contribution in [2.75, 3.05) is 39.3 Å². The van der Waals surface area contributed by atoms with Crippen molar-refractivity contribution in [3.63, 3.8) is 0 Å². The van der Waals surface area contributed by atoms with Gasteiger partial charge in [0.1, 0.15) is 12.4 Å². The molecule has 2 aliphatic carbocycles. The molecule has 2 aromatic carbocycles. The highest BCUT2D eigenvalue weighted by molar-refractivity contribution is 5.69. The van der Waals surface area contributed by atoms with Crippen LogP contribution in [0.3, 0.4) is 0 Å². The molecule has 3 atom stereocenters. The monoisotopic (exact) mass is 579 g/mol. The zero-order valence-corrected chi connectivity index (χ0v) is 24.9. The van der Waals surface area contributed by atoms with E-state index in [1.807, 2.05) is 4.90 Å². The van der Waals surface area contributed by atoms with Gasteiger partial charge in [-0.3, -0.25) is 9.69 Å². The van der Waals surface area contributed by atoms with Crippen molar-refractivity contribution in [3.8, 4) is 0 Å². The van der Waals surface area contributed by atoms with Gasteiger partial charge in [-0.05, 0) is 86.0 Å². The van der Waals surface area contributed by atoms with Crippen LogP contribution in [0.5, 0.6) is 0 Å². The van der Waals surface area contributed by atoms with Gasteiger partial charge in [-0.1, -0.05) is 49.4 Å². The molecule has 8 heteroatoms. The Hall–Kier alpha value is -2.97. The van der Waals surface area contributed by atoms with E-state index in [-0.39, 0.29) is 31.1 Å². The van der Waals surface area contributed by atoms with Gasteiger partial charge in [0.25, 0.3) is 0 Å². The molecule has 0 radical (unpaired) electrons. The van der Waals surface area contributed by atoms with E-state index in [1.54, 1.807) is 12.1 Å². The average molecular weight is 580 g/mol. The number of carboxylic acids is 1. The van der Waals surface area contributed by atoms with Crippen molar-refractivity contribution < 1.29 is 23.8 Å². The maximum absolute atomic E-state index is 13.2. The number of halogens is 1. The topological polar surface area (TPSA) is 73.3 Å². The number of carboxylic acid groups (broad SMARTS) is 1. The number of benzene rings is 2. The van der Waals surface area contributed by atoms with Gasteiger partial charge in [0.05, 0.1) is 6.54 Å². The summed E-state index contributed by atoms with van der Waals surface area (Å²) in [5.41, 5.74) is 2.14. The lowest BCUT2D eigenvalue weighted by atomic mass is 9.88. The Balaban J connectivity index is 1.18. The largest absolute Gasteiger partial charge is 0.480 e. The lowest BCUT2D eigenvalue weighted by Gasteiger charge is -2.39. The van der Waals surface area contributed by atoms with Gasteiger partial charge in [-0.25, -0.2) is 9.18 Å². The Morgan fingerprint density at radius 3 is 2.33 bits per heavy atom. The van der Waals surface area contributed by atoms with E-state index in [0.717, 1.165) is 63.8 Å². The van der Waals surface area contributed by atoms with Crippen molar-refractivity contribution in [3.05, 3.63) is 71.5 Å². The van der Waals surface area contributed by atoms with Gasteiger partial charge in [0, 0.05) is 44.8 Å². The van der Waals surface area contributed by atoms with Crippen LogP contribution < -0.4 is 0 Å². The summed E-state index contributed by atoms with van der Waals surface area (Å²) in [5, 5.41) is 9.64. The molecule has 0 bridgehead atoms. The highest BCUT2D eigenvalue weighted by Gasteiger charge is 2.41. The minimum absolute atomic E-state index is 0.130. The van der Waals surface area contributed by atoms with Gasteiger partial charge in [-0.2, -0.15) is 0 Å². The molecule has 0 spiro atoms. The molecule has 1 amide bonds. The SMILES string of the molecule is CCCN(C(=O)OCc1ccc(F)cc1)C1CCN(CC2CC(N(CC(=O)O)CC3CC3)CC2c2ccccc2)CC1. The second-order valence-corrected chi connectivity index (χ2v) is 12.6. The number of amides is 1. The molecule has 1 saturated heterocycles. The Kier molecular flexibility index (Phi) is 10.5. The number of likely N-dealkylation sites (tertiary alicyclic amines) is 1. The molecular weight excluding hydrogens is 533 g/mol. The van der Waals surface area contributed by atoms with Gasteiger partial charge < -0.3 is 19.6 Å². The van der Waals surface area contributed by atoms with E-state index in [2.05, 4.69) is 47.1 Å². The maximum atomic E-state index is 13.2. The van der Waals surface area contributed by atoms with Crippen molar-refractivity contribution in [2.24, 2.45) is 11.8 Å². The smallest absolute Gasteiger partial charge is 0.410 e. The fourth-order valence-corrected chi connectivity index (χ4v) is 7.07. The molecule has 42 heavy (non-hydrogen) atoms. The van der Waals surface area contributed by atoms with E-state index in [9.17, 15) is 19.1 Å². The summed E-state index contributed by atoms with van der Waals surface area (Å²) >= 11 is 0. The zero-order valence-electron chi connectivity index (χ0n) is 24.9. The maximum Gasteiger partial charge on any atom is 0.410 e. The summed E-state index contributed by atoms with van der Waals surface area (Å²) in [4.78, 5) is 31.5. The lowest BCUT2D eigenvalue weighted by Crippen LogP contribution is -2.48. The van der Waals surface area contributed by atoms with Crippen molar-refractivity contribution in [1.82, 2.24) is 14.7 Å². The summed E-state index contributed by atoms with van der Waals surface area (Å²) in [6, 6.07) is 17.3. The first-order valence-electron chi connectivity index (χ1n) is 15.8. The number of nitrogens with zero attached hydrogens (tertiary/aromatic N) is 3. The van der Waals surface area contributed by atoms with E-state index in [0.29, 0.717) is 30.3 Å². The summed E-state index contributed by atoms with van der Waals surface area (Å²) in [7, 11) is 0. The Morgan fingerprint density at radius 2 is 1.69 bits per heavy atom. The van der Waals surface area contributed by atoms with Crippen LogP contribution in [0.25, 0.3) is 0 Å². The van der Waals surface area contributed by atoms with Crippen LogP contribution in [-0.4, -0.2) is 83.2 Å². The van der Waals surface area contributed by atoms with Gasteiger partial charge >= 0.3 is 12.1 Å². The predicted molar refractivity (Wildman–Crippen MR) is 161 cm³/mol. The van der Waals surface area contributed by atoms with Gasteiger partial charge in [-0.15, -0.1) is 0 Å². The molecule has 2 aromatic rings. The van der Waals surface area contributed by atoms with Crippen molar-refractivity contribution >= 4 is 12.1 Å². The molecule has 3 unspecified atom stereocenters. The van der Waals surface area contributed by atoms with Crippen LogP contribution in [0.4, 0.5) is 9.18 Å². The number of carbonyl (C=O) groups is 2. The van der Waals surface area contributed by atoms with Crippen LogP contribution in [0.2, 0.25) is 0 Å². The van der Waals surface area contributed by atoms with Gasteiger partial charge in [0.15, 0.2) is 0 Å². The third kappa shape index (κ3) is 8.32. The third-order valence-electron chi connectivity index (χ3n) is 9.41. The lowest BCUT2D eigenvalue weighted by molar-refractivity contribution is -0.139. The number of rotatable bonds is 13. The number of hydrogen-bond donors (Lipinski definition) is 1. The highest BCUT2D eigenvalue weighted by atomic mass is 19.1. The summed E-state index contributed by atoms with van der Waals surface area (Å²) in [6.45, 7) is 6.77. The number of piperidine rings is 1. The molecule has 2 saturated carbocycles. The molecule has 1 aliphatic heterocycles. The molecule has 3 aliphatic rings. The molecule has 1 heterocycles. The quantitative estimate of drug-likeness (QED) is 0.314. The first-order chi connectivity index (χ1) is 20.4. The standard InChI is InChI=1S/C34H46FN3O4/c1-2-16-38(34(41)42-24-26-10-12-29(35)13-11-26)30-14-17-36(18-15-30)22-28-19-31(20-32(28)27-6-4-3-5-7-27)37(23-33(39)40)21-25-8-9-25/h3-7,10-13,25,28,30-32H,2,8-9,14-24H2,1H3,(H,39,40). The van der Waals surface area contributed by atoms with E-state index < -0.39 is 5.97 Å². The summed E-state index contributed by atoms with van der Waals surface area (Å²) in [5.74, 6) is 0.513. The molecule has 3 fully saturated rings. The van der Waals surface area contributed by atoms with E-state index in [1.165, 1.54) is 30.5 Å². The number of hydrogen-bond acceptors (Lipinski definition) is 5. The number of aliphatic carboxylic acids is 1. The zero-order chi connectivity index (χ0) is 29.5. The van der Waals surface area contributed by atoms with Crippen LogP contribution in [0, 0.1) is 17.7 Å². The van der Waals surface area contributed by atoms with Crippen LogP contribution in [0.15, 0.2) is 54.6 Å². The molecule has 228 valence electrons. The van der Waals surface area contributed by atoms with Gasteiger partial charge in [0.2, 0.25) is 0 Å². The molecular formula is C34H46FN3O4. The first-order valence-corrected chi connectivity index (χ1v) is 15.8. The van der Waals surface area contributed by atoms with Crippen LogP contribution >= 0.6 is 0 Å². The molecule has 5 rings (SSSR count). The predicted octanol–water partition coefficient (Wildman–Crippen LogP) is 6.00. The normalized spacial score (nSPS) is 23.3. The van der Waals surface area contributed by atoms with E-state index in [4.69, 9.17) is 4.74 Å². The van der Waals surface area contributed by atoms with Crippen LogP contribution in [0.1, 0.15) is 68.9 Å². The molecule has 1 N–H and O–H groups in total. The fraction of sp³-hybridized carbons (Fsp3) is 0.588. The second kappa shape index (κ2) is 14.5. The molecule has 7 nitrogen and oxygen atoms in total. The fourth-order valence-electron chi connectivity index (χ4n) is 7.07. The summed E-state index contributed by atoms with van der Waals surface area (Å²) in [6.07, 6.45) is 6.86. The average Bonchev–Trinajstić information content (AvgIpc) is 3.72. The first kappa shape index (κ1) is 30.5. The molecule has 0 aromatic heterocycles. The van der Waals surface area contributed by atoms with Crippen molar-refractivity contribution in [1.29, 1.82) is 0 Å². The Bertz CT molecular complexity index is 1150. The number of ether oxygens (including phenoxy) is 1. The Labute approximate surface area is 249 Å². The third-order valence-corrected chi connectivity index (χ3v) is 9.41. The second-order valence-electron chi connectivity index (χ2n) is 12.6. The highest BCUT2D eigenvalue weighted by Crippen LogP contribution is 2.43. The van der Waals surface area contributed by atoms with Crippen molar-refractivity contribution in [2.45, 2.75) is 76.5 Å².